The van der Waals surface area contributed by atoms with Crippen LogP contribution in [-0.2, 0) is 0 Å². The van der Waals surface area contributed by atoms with E-state index in [0.717, 1.165) is 19.5 Å². The van der Waals surface area contributed by atoms with Crippen LogP contribution in [0, 0.1) is 5.92 Å². The molecule has 1 aliphatic heterocycles. The van der Waals surface area contributed by atoms with Crippen molar-refractivity contribution in [3.63, 3.8) is 0 Å². The number of urea groups is 1. The van der Waals surface area contributed by atoms with Crippen molar-refractivity contribution in [3.05, 3.63) is 0 Å². The Morgan fingerprint density at radius 3 is 2.60 bits per heavy atom. The van der Waals surface area contributed by atoms with Crippen molar-refractivity contribution in [2.45, 2.75) is 32.7 Å². The largest absolute Gasteiger partial charge is 0.328 e. The van der Waals surface area contributed by atoms with Crippen molar-refractivity contribution in [1.82, 2.24) is 9.80 Å². The van der Waals surface area contributed by atoms with Gasteiger partial charge in [-0.15, -0.1) is 0 Å². The lowest BCUT2D eigenvalue weighted by Crippen LogP contribution is -2.54. The Bertz CT molecular complexity index is 240. The molecule has 4 heteroatoms. The number of rotatable bonds is 2. The van der Waals surface area contributed by atoms with Gasteiger partial charge in [-0.05, 0) is 26.2 Å². The van der Waals surface area contributed by atoms with Gasteiger partial charge in [0, 0.05) is 26.7 Å². The summed E-state index contributed by atoms with van der Waals surface area (Å²) in [7, 11) is 1.83. The summed E-state index contributed by atoms with van der Waals surface area (Å²) in [5, 5.41) is 0. The average Bonchev–Trinajstić information content (AvgIpc) is 2.62. The molecule has 2 amide bonds. The average molecular weight is 213 g/mol. The second-order valence-corrected chi connectivity index (χ2v) is 5.20. The lowest BCUT2D eigenvalue weighted by atomic mass is 10.0. The summed E-state index contributed by atoms with van der Waals surface area (Å²) in [6.07, 6.45) is 1.11. The highest BCUT2D eigenvalue weighted by atomic mass is 16.2. The minimum Gasteiger partial charge on any atom is -0.328 e. The molecule has 0 saturated carbocycles. The van der Waals surface area contributed by atoms with Gasteiger partial charge in [-0.1, -0.05) is 6.92 Å². The van der Waals surface area contributed by atoms with Gasteiger partial charge in [0.05, 0.1) is 5.54 Å². The Morgan fingerprint density at radius 2 is 2.20 bits per heavy atom. The van der Waals surface area contributed by atoms with Crippen molar-refractivity contribution in [2.24, 2.45) is 11.7 Å². The number of nitrogens with two attached hydrogens (primary N) is 1. The van der Waals surface area contributed by atoms with E-state index in [9.17, 15) is 4.79 Å². The van der Waals surface area contributed by atoms with Crippen molar-refractivity contribution in [3.8, 4) is 0 Å². The maximum atomic E-state index is 12.1. The quantitative estimate of drug-likeness (QED) is 0.747. The molecule has 1 rings (SSSR count). The minimum absolute atomic E-state index is 0.106. The number of hydrogen-bond donors (Lipinski definition) is 1. The second kappa shape index (κ2) is 4.39. The van der Waals surface area contributed by atoms with Crippen LogP contribution >= 0.6 is 0 Å². The zero-order chi connectivity index (χ0) is 11.6. The lowest BCUT2D eigenvalue weighted by Gasteiger charge is -2.37. The maximum Gasteiger partial charge on any atom is 0.320 e. The van der Waals surface area contributed by atoms with Gasteiger partial charge in [0.1, 0.15) is 0 Å². The highest BCUT2D eigenvalue weighted by Crippen LogP contribution is 2.19. The van der Waals surface area contributed by atoms with E-state index < -0.39 is 0 Å². The van der Waals surface area contributed by atoms with Crippen LogP contribution in [0.3, 0.4) is 0 Å². The highest BCUT2D eigenvalue weighted by Gasteiger charge is 2.32. The molecule has 0 aliphatic carbocycles. The first kappa shape index (κ1) is 12.3. The van der Waals surface area contributed by atoms with Crippen LogP contribution in [0.2, 0.25) is 0 Å². The number of nitrogens with zero attached hydrogens (tertiary/aromatic N) is 2. The lowest BCUT2D eigenvalue weighted by molar-refractivity contribution is 0.128. The molecule has 1 atom stereocenters. The van der Waals surface area contributed by atoms with Gasteiger partial charge in [-0.25, -0.2) is 4.79 Å². The number of hydrogen-bond acceptors (Lipinski definition) is 2. The summed E-state index contributed by atoms with van der Waals surface area (Å²) in [4.78, 5) is 15.8. The number of carbonyl (C=O) groups excluding carboxylic acids is 1. The molecule has 0 aromatic carbocycles. The molecule has 1 heterocycles. The fourth-order valence-corrected chi connectivity index (χ4v) is 1.72. The molecule has 1 unspecified atom stereocenters. The summed E-state index contributed by atoms with van der Waals surface area (Å²) < 4.78 is 0. The molecule has 0 bridgehead atoms. The molecule has 0 aromatic heterocycles. The minimum atomic E-state index is -0.261. The van der Waals surface area contributed by atoms with Crippen molar-refractivity contribution < 1.29 is 4.79 Å². The highest BCUT2D eigenvalue weighted by molar-refractivity contribution is 5.75. The standard InChI is InChI=1S/C11H23N3O/c1-9-5-6-14(7-9)10(15)13(4)11(2,3)8-12/h9H,5-8,12H2,1-4H3. The van der Waals surface area contributed by atoms with E-state index in [1.54, 1.807) is 4.90 Å². The van der Waals surface area contributed by atoms with Crippen LogP contribution in [0.25, 0.3) is 0 Å². The molecule has 0 aromatic rings. The summed E-state index contributed by atoms with van der Waals surface area (Å²) >= 11 is 0. The molecular weight excluding hydrogens is 190 g/mol. The van der Waals surface area contributed by atoms with Gasteiger partial charge in [-0.3, -0.25) is 0 Å². The van der Waals surface area contributed by atoms with Crippen LogP contribution < -0.4 is 5.73 Å². The van der Waals surface area contributed by atoms with Crippen molar-refractivity contribution >= 4 is 6.03 Å². The van der Waals surface area contributed by atoms with Gasteiger partial charge in [-0.2, -0.15) is 0 Å². The van der Waals surface area contributed by atoms with Crippen molar-refractivity contribution in [2.75, 3.05) is 26.7 Å². The Kier molecular flexibility index (Phi) is 3.60. The molecule has 1 fully saturated rings. The van der Waals surface area contributed by atoms with Crippen LogP contribution in [0.15, 0.2) is 0 Å². The van der Waals surface area contributed by atoms with E-state index in [0.29, 0.717) is 12.5 Å². The maximum absolute atomic E-state index is 12.1. The molecular formula is C11H23N3O. The third kappa shape index (κ3) is 2.62. The Morgan fingerprint density at radius 1 is 1.60 bits per heavy atom. The van der Waals surface area contributed by atoms with E-state index in [4.69, 9.17) is 5.73 Å². The van der Waals surface area contributed by atoms with Gasteiger partial charge in [0.15, 0.2) is 0 Å². The Labute approximate surface area is 92.4 Å². The third-order valence-electron chi connectivity index (χ3n) is 3.39. The molecule has 2 N–H and O–H groups in total. The van der Waals surface area contributed by atoms with Crippen molar-refractivity contribution in [1.29, 1.82) is 0 Å². The normalized spacial score (nSPS) is 21.9. The first-order valence-electron chi connectivity index (χ1n) is 5.61. The fraction of sp³-hybridized carbons (Fsp3) is 0.909. The van der Waals surface area contributed by atoms with Crippen LogP contribution in [0.5, 0.6) is 0 Å². The molecule has 1 saturated heterocycles. The molecule has 4 nitrogen and oxygen atoms in total. The molecule has 1 aliphatic rings. The van der Waals surface area contributed by atoms with Gasteiger partial charge in [0.2, 0.25) is 0 Å². The second-order valence-electron chi connectivity index (χ2n) is 5.20. The SMILES string of the molecule is CC1CCN(C(=O)N(C)C(C)(C)CN)C1. The first-order valence-corrected chi connectivity index (χ1v) is 5.61. The number of amides is 2. The van der Waals surface area contributed by atoms with E-state index in [1.165, 1.54) is 0 Å². The number of likely N-dealkylation sites (tertiary alicyclic amines) is 1. The van der Waals surface area contributed by atoms with E-state index >= 15 is 0 Å². The summed E-state index contributed by atoms with van der Waals surface area (Å²) in [5.74, 6) is 0.628. The zero-order valence-corrected chi connectivity index (χ0v) is 10.3. The zero-order valence-electron chi connectivity index (χ0n) is 10.3. The predicted molar refractivity (Wildman–Crippen MR) is 61.6 cm³/mol. The summed E-state index contributed by atoms with van der Waals surface area (Å²) in [6, 6.07) is 0.106. The Balaban J connectivity index is 2.60. The molecule has 88 valence electrons. The smallest absolute Gasteiger partial charge is 0.320 e. The van der Waals surface area contributed by atoms with Gasteiger partial charge < -0.3 is 15.5 Å². The fourth-order valence-electron chi connectivity index (χ4n) is 1.72. The van der Waals surface area contributed by atoms with Gasteiger partial charge in [0.25, 0.3) is 0 Å². The number of likely N-dealkylation sites (N-methyl/N-ethyl adjacent to an activating group) is 1. The molecule has 0 spiro atoms. The van der Waals surface area contributed by atoms with Crippen LogP contribution in [0.1, 0.15) is 27.2 Å². The van der Waals surface area contributed by atoms with E-state index in [-0.39, 0.29) is 11.6 Å². The first-order chi connectivity index (χ1) is 6.88. The monoisotopic (exact) mass is 213 g/mol. The van der Waals surface area contributed by atoms with Gasteiger partial charge >= 0.3 is 6.03 Å². The predicted octanol–water partition coefficient (Wildman–Crippen LogP) is 1.12. The Hall–Kier alpha value is -0.770. The van der Waals surface area contributed by atoms with Crippen LogP contribution in [-0.4, -0.2) is 48.1 Å². The van der Waals surface area contributed by atoms with E-state index in [2.05, 4.69) is 6.92 Å². The van der Waals surface area contributed by atoms with Crippen LogP contribution in [0.4, 0.5) is 4.79 Å². The summed E-state index contributed by atoms with van der Waals surface area (Å²) in [6.45, 7) is 8.41. The third-order valence-corrected chi connectivity index (χ3v) is 3.39. The van der Waals surface area contributed by atoms with E-state index in [1.807, 2.05) is 25.8 Å². The molecule has 0 radical (unpaired) electrons. The topological polar surface area (TPSA) is 49.6 Å². The molecule has 15 heavy (non-hydrogen) atoms. The summed E-state index contributed by atoms with van der Waals surface area (Å²) in [5.41, 5.74) is 5.40. The number of carbonyl (C=O) groups is 1.